The van der Waals surface area contributed by atoms with E-state index in [9.17, 15) is 4.79 Å². The third kappa shape index (κ3) is 3.63. The number of amides is 1. The van der Waals surface area contributed by atoms with E-state index in [0.717, 1.165) is 41.1 Å². The second kappa shape index (κ2) is 6.58. The number of carbonyl (C=O) groups is 1. The van der Waals surface area contributed by atoms with Crippen LogP contribution < -0.4 is 10.2 Å². The number of aromatic nitrogens is 1. The van der Waals surface area contributed by atoms with Gasteiger partial charge in [0.05, 0.1) is 9.35 Å². The highest BCUT2D eigenvalue weighted by atomic mass is 79.9. The summed E-state index contributed by atoms with van der Waals surface area (Å²) in [5, 5.41) is 5.00. The maximum atomic E-state index is 12.1. The van der Waals surface area contributed by atoms with Crippen molar-refractivity contribution in [2.75, 3.05) is 18.0 Å². The van der Waals surface area contributed by atoms with Gasteiger partial charge >= 0.3 is 0 Å². The van der Waals surface area contributed by atoms with Gasteiger partial charge in [-0.05, 0) is 47.0 Å². The van der Waals surface area contributed by atoms with E-state index in [2.05, 4.69) is 31.1 Å². The molecule has 1 amide bonds. The van der Waals surface area contributed by atoms with Crippen LogP contribution in [0.4, 0.5) is 5.82 Å². The minimum Gasteiger partial charge on any atom is -0.356 e. The van der Waals surface area contributed by atoms with Crippen molar-refractivity contribution in [3.63, 3.8) is 0 Å². The molecule has 0 aromatic carbocycles. The van der Waals surface area contributed by atoms with Gasteiger partial charge < -0.3 is 10.2 Å². The predicted molar refractivity (Wildman–Crippen MR) is 89.0 cm³/mol. The highest BCUT2D eigenvalue weighted by Gasteiger charge is 2.22. The first kappa shape index (κ1) is 14.5. The summed E-state index contributed by atoms with van der Waals surface area (Å²) in [6, 6.07) is 8.07. The molecule has 3 heterocycles. The second-order valence-electron chi connectivity index (χ2n) is 5.06. The van der Waals surface area contributed by atoms with Crippen LogP contribution in [-0.2, 0) is 0 Å². The Balaban J connectivity index is 1.53. The molecular weight excluding hydrogens is 350 g/mol. The van der Waals surface area contributed by atoms with Crippen LogP contribution in [0, 0.1) is 0 Å². The van der Waals surface area contributed by atoms with E-state index in [1.165, 1.54) is 11.3 Å². The summed E-state index contributed by atoms with van der Waals surface area (Å²) in [5.41, 5.74) is 0.735. The standard InChI is InChI=1S/C15H16BrN3OS/c16-13-9-11(10-21-13)15(20)18-12-4-7-19(8-5-12)14-3-1-2-6-17-14/h1-3,6,9-10,12H,4-5,7-8H2,(H,18,20). The Labute approximate surface area is 136 Å². The molecule has 0 saturated carbocycles. The van der Waals surface area contributed by atoms with Crippen LogP contribution in [0.3, 0.4) is 0 Å². The largest absolute Gasteiger partial charge is 0.356 e. The molecule has 0 atom stereocenters. The fourth-order valence-corrected chi connectivity index (χ4v) is 3.63. The zero-order valence-corrected chi connectivity index (χ0v) is 13.9. The van der Waals surface area contributed by atoms with Gasteiger partial charge in [0.15, 0.2) is 0 Å². The Morgan fingerprint density at radius 3 is 2.81 bits per heavy atom. The van der Waals surface area contributed by atoms with E-state index in [1.54, 1.807) is 0 Å². The molecule has 4 nitrogen and oxygen atoms in total. The van der Waals surface area contributed by atoms with Crippen LogP contribution in [0.25, 0.3) is 0 Å². The van der Waals surface area contributed by atoms with Crippen LogP contribution in [-0.4, -0.2) is 30.0 Å². The summed E-state index contributed by atoms with van der Waals surface area (Å²) in [6.07, 6.45) is 3.72. The first-order chi connectivity index (χ1) is 10.2. The number of nitrogens with one attached hydrogen (secondary N) is 1. The molecule has 1 aliphatic rings. The van der Waals surface area contributed by atoms with Gasteiger partial charge in [0, 0.05) is 30.7 Å². The van der Waals surface area contributed by atoms with E-state index in [4.69, 9.17) is 0 Å². The Morgan fingerprint density at radius 1 is 1.38 bits per heavy atom. The third-order valence-corrected chi connectivity index (χ3v) is 5.14. The molecule has 3 rings (SSSR count). The van der Waals surface area contributed by atoms with Crippen molar-refractivity contribution in [1.29, 1.82) is 0 Å². The zero-order valence-electron chi connectivity index (χ0n) is 11.5. The molecule has 110 valence electrons. The summed E-state index contributed by atoms with van der Waals surface area (Å²) >= 11 is 4.92. The molecule has 0 unspecified atom stereocenters. The minimum atomic E-state index is 0.0215. The molecule has 0 spiro atoms. The Bertz CT molecular complexity index is 608. The van der Waals surface area contributed by atoms with Crippen molar-refractivity contribution in [1.82, 2.24) is 10.3 Å². The van der Waals surface area contributed by atoms with Gasteiger partial charge in [-0.1, -0.05) is 6.07 Å². The lowest BCUT2D eigenvalue weighted by molar-refractivity contribution is 0.0931. The van der Waals surface area contributed by atoms with E-state index in [0.29, 0.717) is 0 Å². The molecule has 1 aliphatic heterocycles. The molecule has 1 saturated heterocycles. The topological polar surface area (TPSA) is 45.2 Å². The number of piperidine rings is 1. The highest BCUT2D eigenvalue weighted by Crippen LogP contribution is 2.21. The first-order valence-corrected chi connectivity index (χ1v) is 8.60. The van der Waals surface area contributed by atoms with E-state index in [-0.39, 0.29) is 11.9 Å². The number of nitrogens with zero attached hydrogens (tertiary/aromatic N) is 2. The molecular formula is C15H16BrN3OS. The smallest absolute Gasteiger partial charge is 0.252 e. The second-order valence-corrected chi connectivity index (χ2v) is 7.35. The van der Waals surface area contributed by atoms with Crippen molar-refractivity contribution in [2.24, 2.45) is 0 Å². The summed E-state index contributed by atoms with van der Waals surface area (Å²) in [5.74, 6) is 1.04. The lowest BCUT2D eigenvalue weighted by Gasteiger charge is -2.33. The molecule has 6 heteroatoms. The molecule has 2 aromatic rings. The monoisotopic (exact) mass is 365 g/mol. The maximum Gasteiger partial charge on any atom is 0.252 e. The number of carbonyl (C=O) groups excluding carboxylic acids is 1. The van der Waals surface area contributed by atoms with Crippen molar-refractivity contribution < 1.29 is 4.79 Å². The predicted octanol–water partition coefficient (Wildman–Crippen LogP) is 3.30. The van der Waals surface area contributed by atoms with Gasteiger partial charge in [-0.25, -0.2) is 4.98 Å². The average molecular weight is 366 g/mol. The van der Waals surface area contributed by atoms with Crippen LogP contribution in [0.15, 0.2) is 39.6 Å². The average Bonchev–Trinajstić information content (AvgIpc) is 2.96. The number of hydrogen-bond donors (Lipinski definition) is 1. The molecule has 0 radical (unpaired) electrons. The van der Waals surface area contributed by atoms with Gasteiger partial charge in [0.1, 0.15) is 5.82 Å². The lowest BCUT2D eigenvalue weighted by atomic mass is 10.0. The van der Waals surface area contributed by atoms with Gasteiger partial charge in [-0.2, -0.15) is 0 Å². The quantitative estimate of drug-likeness (QED) is 0.907. The van der Waals surface area contributed by atoms with Crippen LogP contribution in [0.5, 0.6) is 0 Å². The van der Waals surface area contributed by atoms with Crippen LogP contribution >= 0.6 is 27.3 Å². The van der Waals surface area contributed by atoms with E-state index >= 15 is 0 Å². The fraction of sp³-hybridized carbons (Fsp3) is 0.333. The third-order valence-electron chi connectivity index (χ3n) is 3.63. The summed E-state index contributed by atoms with van der Waals surface area (Å²) in [7, 11) is 0. The van der Waals surface area contributed by atoms with Crippen LogP contribution in [0.1, 0.15) is 23.2 Å². The number of halogens is 1. The molecule has 0 aliphatic carbocycles. The first-order valence-electron chi connectivity index (χ1n) is 6.93. The van der Waals surface area contributed by atoms with E-state index < -0.39 is 0 Å². The number of pyridine rings is 1. The van der Waals surface area contributed by atoms with E-state index in [1.807, 2.05) is 35.8 Å². The highest BCUT2D eigenvalue weighted by molar-refractivity contribution is 9.11. The molecule has 2 aromatic heterocycles. The fourth-order valence-electron chi connectivity index (χ4n) is 2.49. The number of hydrogen-bond acceptors (Lipinski definition) is 4. The van der Waals surface area contributed by atoms with Gasteiger partial charge in [0.2, 0.25) is 0 Å². The molecule has 1 fully saturated rings. The SMILES string of the molecule is O=C(NC1CCN(c2ccccn2)CC1)c1csc(Br)c1. The summed E-state index contributed by atoms with van der Waals surface area (Å²) in [4.78, 5) is 18.8. The molecule has 1 N–H and O–H groups in total. The molecule has 0 bridgehead atoms. The van der Waals surface area contributed by atoms with Crippen molar-refractivity contribution in [3.05, 3.63) is 45.2 Å². The van der Waals surface area contributed by atoms with Crippen molar-refractivity contribution >= 4 is 39.0 Å². The summed E-state index contributed by atoms with van der Waals surface area (Å²) in [6.45, 7) is 1.85. The lowest BCUT2D eigenvalue weighted by Crippen LogP contribution is -2.44. The van der Waals surface area contributed by atoms with Crippen molar-refractivity contribution in [3.8, 4) is 0 Å². The summed E-state index contributed by atoms with van der Waals surface area (Å²) < 4.78 is 0.984. The maximum absolute atomic E-state index is 12.1. The Hall–Kier alpha value is -1.40. The minimum absolute atomic E-state index is 0.0215. The molecule has 21 heavy (non-hydrogen) atoms. The Morgan fingerprint density at radius 2 is 2.19 bits per heavy atom. The number of anilines is 1. The number of thiophene rings is 1. The Kier molecular flexibility index (Phi) is 4.55. The normalized spacial score (nSPS) is 16.0. The number of rotatable bonds is 3. The van der Waals surface area contributed by atoms with Gasteiger partial charge in [-0.3, -0.25) is 4.79 Å². The van der Waals surface area contributed by atoms with Crippen LogP contribution in [0.2, 0.25) is 0 Å². The van der Waals surface area contributed by atoms with Crippen molar-refractivity contribution in [2.45, 2.75) is 18.9 Å². The van der Waals surface area contributed by atoms with Gasteiger partial charge in [0.25, 0.3) is 5.91 Å². The van der Waals surface area contributed by atoms with Gasteiger partial charge in [-0.15, -0.1) is 11.3 Å². The zero-order chi connectivity index (χ0) is 14.7.